The van der Waals surface area contributed by atoms with Crippen molar-refractivity contribution in [2.45, 2.75) is 31.0 Å². The minimum Gasteiger partial charge on any atom is -0.384 e. The Labute approximate surface area is 162 Å². The number of ether oxygens (including phenoxy) is 1. The molecule has 1 aromatic heterocycles. The van der Waals surface area contributed by atoms with E-state index in [2.05, 4.69) is 15.5 Å². The van der Waals surface area contributed by atoms with E-state index in [4.69, 9.17) is 4.74 Å². The Morgan fingerprint density at radius 2 is 2.00 bits per heavy atom. The average molecular weight is 402 g/mol. The summed E-state index contributed by atoms with van der Waals surface area (Å²) in [7, 11) is 1.66. The number of methoxy groups -OCH3 is 1. The summed E-state index contributed by atoms with van der Waals surface area (Å²) in [5.41, 5.74) is 0. The Morgan fingerprint density at radius 1 is 1.31 bits per heavy atom. The molecule has 0 aromatic carbocycles. The van der Waals surface area contributed by atoms with Crippen LogP contribution >= 0.6 is 23.1 Å². The van der Waals surface area contributed by atoms with E-state index in [1.807, 2.05) is 23.6 Å². The largest absolute Gasteiger partial charge is 0.384 e. The van der Waals surface area contributed by atoms with Gasteiger partial charge in [0.2, 0.25) is 11.0 Å². The van der Waals surface area contributed by atoms with Crippen molar-refractivity contribution >= 4 is 40.2 Å². The van der Waals surface area contributed by atoms with Gasteiger partial charge >= 0.3 is 6.03 Å². The smallest absolute Gasteiger partial charge is 0.319 e. The number of thioether (sulfide) groups is 1. The maximum atomic E-state index is 12.4. The summed E-state index contributed by atoms with van der Waals surface area (Å²) in [6, 6.07) is 0.0655. The molecule has 0 atom stereocenters. The zero-order valence-electron chi connectivity index (χ0n) is 15.6. The van der Waals surface area contributed by atoms with Gasteiger partial charge in [0, 0.05) is 45.0 Å². The second-order valence-corrected chi connectivity index (χ2v) is 8.24. The first kappa shape index (κ1) is 20.9. The minimum atomic E-state index is -0.0933. The van der Waals surface area contributed by atoms with Crippen LogP contribution in [0.4, 0.5) is 9.93 Å². The SMILES string of the molecule is CCN(CC)C(=O)N1CCC(C(=O)Nc2nnc(SCCOC)s2)CC1. The molecule has 2 heterocycles. The lowest BCUT2D eigenvalue weighted by Gasteiger charge is -2.34. The van der Waals surface area contributed by atoms with E-state index < -0.39 is 0 Å². The summed E-state index contributed by atoms with van der Waals surface area (Å²) >= 11 is 2.93. The van der Waals surface area contributed by atoms with E-state index in [0.717, 1.165) is 10.1 Å². The van der Waals surface area contributed by atoms with Crippen LogP contribution in [0, 0.1) is 5.92 Å². The summed E-state index contributed by atoms with van der Waals surface area (Å²) in [6.45, 7) is 7.24. The molecule has 1 aromatic rings. The van der Waals surface area contributed by atoms with Gasteiger partial charge in [-0.25, -0.2) is 4.79 Å². The molecule has 3 amide bonds. The van der Waals surface area contributed by atoms with Crippen molar-refractivity contribution in [3.05, 3.63) is 0 Å². The van der Waals surface area contributed by atoms with Crippen LogP contribution in [0.3, 0.4) is 0 Å². The average Bonchev–Trinajstić information content (AvgIpc) is 3.10. The molecule has 0 bridgehead atoms. The minimum absolute atomic E-state index is 0.0375. The second kappa shape index (κ2) is 10.7. The lowest BCUT2D eigenvalue weighted by atomic mass is 9.96. The molecule has 0 unspecified atom stereocenters. The van der Waals surface area contributed by atoms with E-state index in [-0.39, 0.29) is 17.9 Å². The molecule has 1 fully saturated rings. The van der Waals surface area contributed by atoms with Crippen LogP contribution in [0.2, 0.25) is 0 Å². The summed E-state index contributed by atoms with van der Waals surface area (Å²) in [5.74, 6) is 0.673. The maximum Gasteiger partial charge on any atom is 0.319 e. The molecule has 0 saturated carbocycles. The summed E-state index contributed by atoms with van der Waals surface area (Å²) in [4.78, 5) is 28.5. The van der Waals surface area contributed by atoms with Crippen molar-refractivity contribution in [3.63, 3.8) is 0 Å². The molecular formula is C16H27N5O3S2. The van der Waals surface area contributed by atoms with Gasteiger partial charge in [-0.2, -0.15) is 0 Å². The lowest BCUT2D eigenvalue weighted by molar-refractivity contribution is -0.121. The Morgan fingerprint density at radius 3 is 2.62 bits per heavy atom. The third-order valence-corrected chi connectivity index (χ3v) is 6.26. The Kier molecular flexibility index (Phi) is 8.60. The number of piperidine rings is 1. The monoisotopic (exact) mass is 401 g/mol. The molecule has 8 nitrogen and oxygen atoms in total. The molecule has 1 saturated heterocycles. The number of carbonyl (C=O) groups excluding carboxylic acids is 2. The predicted octanol–water partition coefficient (Wildman–Crippen LogP) is 2.39. The number of nitrogens with one attached hydrogen (secondary N) is 1. The highest BCUT2D eigenvalue weighted by Crippen LogP contribution is 2.26. The Balaban J connectivity index is 1.78. The van der Waals surface area contributed by atoms with Crippen LogP contribution < -0.4 is 5.32 Å². The molecule has 1 aliphatic rings. The van der Waals surface area contributed by atoms with Crippen LogP contribution in [0.15, 0.2) is 4.34 Å². The number of rotatable bonds is 8. The van der Waals surface area contributed by atoms with E-state index in [1.165, 1.54) is 11.3 Å². The molecule has 10 heteroatoms. The van der Waals surface area contributed by atoms with Gasteiger partial charge in [-0.15, -0.1) is 10.2 Å². The van der Waals surface area contributed by atoms with Crippen LogP contribution in [0.5, 0.6) is 0 Å². The zero-order valence-corrected chi connectivity index (χ0v) is 17.2. The molecular weight excluding hydrogens is 374 g/mol. The number of likely N-dealkylation sites (tertiary alicyclic amines) is 1. The van der Waals surface area contributed by atoms with Crippen LogP contribution in [-0.2, 0) is 9.53 Å². The predicted molar refractivity (Wildman–Crippen MR) is 104 cm³/mol. The molecule has 0 aliphatic carbocycles. The number of aromatic nitrogens is 2. The summed E-state index contributed by atoms with van der Waals surface area (Å²) in [6.07, 6.45) is 1.35. The highest BCUT2D eigenvalue weighted by molar-refractivity contribution is 8.01. The fraction of sp³-hybridized carbons (Fsp3) is 0.750. The Bertz CT molecular complexity index is 586. The lowest BCUT2D eigenvalue weighted by Crippen LogP contribution is -2.47. The van der Waals surface area contributed by atoms with Gasteiger partial charge in [-0.3, -0.25) is 4.79 Å². The topological polar surface area (TPSA) is 87.7 Å². The van der Waals surface area contributed by atoms with Crippen molar-refractivity contribution in [3.8, 4) is 0 Å². The van der Waals surface area contributed by atoms with Crippen LogP contribution in [-0.4, -0.2) is 77.6 Å². The number of nitrogens with zero attached hydrogens (tertiary/aromatic N) is 4. The first-order valence-electron chi connectivity index (χ1n) is 8.88. The standard InChI is InChI=1S/C16H27N5O3S2/c1-4-20(5-2)16(23)21-8-6-12(7-9-21)13(22)17-14-18-19-15(26-14)25-11-10-24-3/h12H,4-11H2,1-3H3,(H,17,18,22). The van der Waals surface area contributed by atoms with Crippen LogP contribution in [0.1, 0.15) is 26.7 Å². The number of carbonyl (C=O) groups is 2. The summed E-state index contributed by atoms with van der Waals surface area (Å²) in [5, 5.41) is 11.5. The molecule has 26 heavy (non-hydrogen) atoms. The van der Waals surface area contributed by atoms with Crippen molar-refractivity contribution in [1.29, 1.82) is 0 Å². The zero-order chi connectivity index (χ0) is 18.9. The van der Waals surface area contributed by atoms with Gasteiger partial charge in [-0.1, -0.05) is 23.1 Å². The molecule has 0 spiro atoms. The van der Waals surface area contributed by atoms with Gasteiger partial charge in [0.25, 0.3) is 0 Å². The number of urea groups is 1. The molecule has 2 rings (SSSR count). The second-order valence-electron chi connectivity index (χ2n) is 5.92. The fourth-order valence-electron chi connectivity index (χ4n) is 2.77. The molecule has 0 radical (unpaired) electrons. The number of anilines is 1. The van der Waals surface area contributed by atoms with Crippen molar-refractivity contribution in [1.82, 2.24) is 20.0 Å². The first-order valence-corrected chi connectivity index (χ1v) is 10.7. The summed E-state index contributed by atoms with van der Waals surface area (Å²) < 4.78 is 5.82. The maximum absolute atomic E-state index is 12.4. The number of hydrogen-bond donors (Lipinski definition) is 1. The van der Waals surface area contributed by atoms with Gasteiger partial charge in [0.05, 0.1) is 6.61 Å². The van der Waals surface area contributed by atoms with E-state index in [1.54, 1.807) is 18.9 Å². The normalized spacial score (nSPS) is 15.1. The van der Waals surface area contributed by atoms with Gasteiger partial charge in [0.15, 0.2) is 4.34 Å². The van der Waals surface area contributed by atoms with Crippen molar-refractivity contribution in [2.75, 3.05) is 51.0 Å². The fourth-order valence-corrected chi connectivity index (χ4v) is 4.49. The van der Waals surface area contributed by atoms with Crippen molar-refractivity contribution < 1.29 is 14.3 Å². The van der Waals surface area contributed by atoms with E-state index in [9.17, 15) is 9.59 Å². The quantitative estimate of drug-likeness (QED) is 0.409. The van der Waals surface area contributed by atoms with E-state index in [0.29, 0.717) is 50.8 Å². The number of hydrogen-bond acceptors (Lipinski definition) is 7. The molecule has 146 valence electrons. The molecule has 1 aliphatic heterocycles. The highest BCUT2D eigenvalue weighted by Gasteiger charge is 2.29. The third-order valence-electron chi connectivity index (χ3n) is 4.32. The third kappa shape index (κ3) is 5.82. The van der Waals surface area contributed by atoms with Gasteiger partial charge < -0.3 is 19.9 Å². The Hall–Kier alpha value is -1.39. The van der Waals surface area contributed by atoms with Crippen LogP contribution in [0.25, 0.3) is 0 Å². The molecule has 1 N–H and O–H groups in total. The van der Waals surface area contributed by atoms with Gasteiger partial charge in [-0.05, 0) is 26.7 Å². The van der Waals surface area contributed by atoms with Crippen molar-refractivity contribution in [2.24, 2.45) is 5.92 Å². The van der Waals surface area contributed by atoms with E-state index >= 15 is 0 Å². The van der Waals surface area contributed by atoms with Gasteiger partial charge in [0.1, 0.15) is 0 Å². The number of amides is 3. The highest BCUT2D eigenvalue weighted by atomic mass is 32.2. The first-order chi connectivity index (χ1) is 12.6.